The van der Waals surface area contributed by atoms with Crippen LogP contribution in [0.2, 0.25) is 5.02 Å². The number of furan rings is 1. The Bertz CT molecular complexity index is 846. The highest BCUT2D eigenvalue weighted by Gasteiger charge is 2.10. The van der Waals surface area contributed by atoms with Crippen LogP contribution in [0.5, 0.6) is 0 Å². The highest BCUT2D eigenvalue weighted by atomic mass is 35.5. The average molecular weight is 297 g/mol. The molecule has 0 fully saturated rings. The van der Waals surface area contributed by atoms with Gasteiger partial charge in [0.1, 0.15) is 11.3 Å². The maximum atomic E-state index is 8.85. The fourth-order valence-electron chi connectivity index (χ4n) is 2.35. The Kier molecular flexibility index (Phi) is 3.55. The van der Waals surface area contributed by atoms with E-state index >= 15 is 0 Å². The number of hydrogen-bond donors (Lipinski definition) is 1. The topological polar surface area (TPSA) is 49.0 Å². The summed E-state index contributed by atoms with van der Waals surface area (Å²) >= 11 is 6.17. The molecule has 0 saturated carbocycles. The highest BCUT2D eigenvalue weighted by molar-refractivity contribution is 6.33. The van der Waals surface area contributed by atoms with Crippen molar-refractivity contribution in [2.24, 2.45) is 0 Å². The number of aryl methyl sites for hydroxylation is 1. The number of nitrogens with zero attached hydrogens (tertiary/aromatic N) is 1. The molecule has 0 atom stereocenters. The molecular formula is C17H13ClN2O. The van der Waals surface area contributed by atoms with Crippen molar-refractivity contribution in [2.45, 2.75) is 13.5 Å². The van der Waals surface area contributed by atoms with Gasteiger partial charge in [0.2, 0.25) is 0 Å². The summed E-state index contributed by atoms with van der Waals surface area (Å²) in [4.78, 5) is 0. The molecule has 104 valence electrons. The molecule has 4 heteroatoms. The standard InChI is InChI=1S/C17H13ClN2O/c1-11-14(13-4-2-3-5-17(13)21-11)10-20-16-7-6-12(9-19)8-15(16)18/h2-8,20H,10H2,1H3. The highest BCUT2D eigenvalue weighted by Crippen LogP contribution is 2.28. The molecular weight excluding hydrogens is 284 g/mol. The average Bonchev–Trinajstić information content (AvgIpc) is 2.81. The summed E-state index contributed by atoms with van der Waals surface area (Å²) in [5.41, 5.74) is 3.36. The van der Waals surface area contributed by atoms with Crippen LogP contribution in [-0.4, -0.2) is 0 Å². The van der Waals surface area contributed by atoms with Gasteiger partial charge in [0, 0.05) is 17.5 Å². The zero-order valence-corrected chi connectivity index (χ0v) is 12.2. The minimum atomic E-state index is 0.541. The van der Waals surface area contributed by atoms with Crippen molar-refractivity contribution in [3.8, 4) is 6.07 Å². The van der Waals surface area contributed by atoms with E-state index in [9.17, 15) is 0 Å². The second-order valence-electron chi connectivity index (χ2n) is 4.79. The van der Waals surface area contributed by atoms with Gasteiger partial charge in [-0.05, 0) is 31.2 Å². The number of hydrogen-bond acceptors (Lipinski definition) is 3. The van der Waals surface area contributed by atoms with Gasteiger partial charge in [-0.2, -0.15) is 5.26 Å². The van der Waals surface area contributed by atoms with Gasteiger partial charge in [-0.15, -0.1) is 0 Å². The van der Waals surface area contributed by atoms with Crippen LogP contribution in [0.4, 0.5) is 5.69 Å². The summed E-state index contributed by atoms with van der Waals surface area (Å²) in [7, 11) is 0. The Balaban J connectivity index is 1.87. The van der Waals surface area contributed by atoms with Crippen LogP contribution in [0, 0.1) is 18.3 Å². The van der Waals surface area contributed by atoms with Crippen LogP contribution in [0.3, 0.4) is 0 Å². The third kappa shape index (κ3) is 2.58. The van der Waals surface area contributed by atoms with E-state index in [4.69, 9.17) is 21.3 Å². The molecule has 0 aliphatic heterocycles. The number of fused-ring (bicyclic) bond motifs is 1. The van der Waals surface area contributed by atoms with Crippen molar-refractivity contribution in [2.75, 3.05) is 5.32 Å². The Morgan fingerprint density at radius 3 is 2.81 bits per heavy atom. The molecule has 1 N–H and O–H groups in total. The quantitative estimate of drug-likeness (QED) is 0.749. The summed E-state index contributed by atoms with van der Waals surface area (Å²) in [5, 5.41) is 13.8. The second kappa shape index (κ2) is 5.51. The fraction of sp³-hybridized carbons (Fsp3) is 0.118. The molecule has 3 aromatic rings. The number of nitrogens with one attached hydrogen (secondary N) is 1. The minimum Gasteiger partial charge on any atom is -0.461 e. The first-order valence-corrected chi connectivity index (χ1v) is 6.97. The molecule has 0 amide bonds. The van der Waals surface area contributed by atoms with Crippen molar-refractivity contribution in [1.82, 2.24) is 0 Å². The molecule has 21 heavy (non-hydrogen) atoms. The summed E-state index contributed by atoms with van der Waals surface area (Å²) in [5.74, 6) is 0.897. The van der Waals surface area contributed by atoms with Crippen LogP contribution in [0.1, 0.15) is 16.9 Å². The molecule has 0 aliphatic rings. The molecule has 1 heterocycles. The van der Waals surface area contributed by atoms with Gasteiger partial charge in [0.15, 0.2) is 0 Å². The lowest BCUT2D eigenvalue weighted by Gasteiger charge is -2.08. The van der Waals surface area contributed by atoms with E-state index in [0.717, 1.165) is 28.0 Å². The Morgan fingerprint density at radius 1 is 1.24 bits per heavy atom. The minimum absolute atomic E-state index is 0.541. The summed E-state index contributed by atoms with van der Waals surface area (Å²) in [6, 6.07) is 15.2. The summed E-state index contributed by atoms with van der Waals surface area (Å²) < 4.78 is 5.74. The first-order valence-electron chi connectivity index (χ1n) is 6.59. The number of rotatable bonds is 3. The van der Waals surface area contributed by atoms with Crippen LogP contribution >= 0.6 is 11.6 Å². The first kappa shape index (κ1) is 13.5. The van der Waals surface area contributed by atoms with Gasteiger partial charge >= 0.3 is 0 Å². The zero-order chi connectivity index (χ0) is 14.8. The molecule has 1 aromatic heterocycles. The number of nitriles is 1. The Hall–Kier alpha value is -2.44. The zero-order valence-electron chi connectivity index (χ0n) is 11.5. The Labute approximate surface area is 127 Å². The lowest BCUT2D eigenvalue weighted by Crippen LogP contribution is -2.00. The second-order valence-corrected chi connectivity index (χ2v) is 5.20. The van der Waals surface area contributed by atoms with E-state index in [1.807, 2.05) is 37.3 Å². The van der Waals surface area contributed by atoms with Crippen molar-refractivity contribution in [1.29, 1.82) is 5.26 Å². The van der Waals surface area contributed by atoms with Gasteiger partial charge in [-0.3, -0.25) is 0 Å². The monoisotopic (exact) mass is 296 g/mol. The lowest BCUT2D eigenvalue weighted by atomic mass is 10.1. The van der Waals surface area contributed by atoms with Gasteiger partial charge in [0.25, 0.3) is 0 Å². The van der Waals surface area contributed by atoms with E-state index in [-0.39, 0.29) is 0 Å². The van der Waals surface area contributed by atoms with Crippen LogP contribution < -0.4 is 5.32 Å². The molecule has 0 radical (unpaired) electrons. The third-order valence-corrected chi connectivity index (χ3v) is 3.77. The van der Waals surface area contributed by atoms with Crippen LogP contribution in [0.15, 0.2) is 46.9 Å². The first-order chi connectivity index (χ1) is 10.2. The number of anilines is 1. The largest absolute Gasteiger partial charge is 0.461 e. The van der Waals surface area contributed by atoms with Gasteiger partial charge in [-0.25, -0.2) is 0 Å². The molecule has 0 spiro atoms. The Morgan fingerprint density at radius 2 is 2.05 bits per heavy atom. The normalized spacial score (nSPS) is 10.5. The maximum Gasteiger partial charge on any atom is 0.134 e. The molecule has 3 rings (SSSR count). The smallest absolute Gasteiger partial charge is 0.134 e. The van der Waals surface area contributed by atoms with Crippen molar-refractivity contribution in [3.63, 3.8) is 0 Å². The van der Waals surface area contributed by atoms with Crippen LogP contribution in [-0.2, 0) is 6.54 Å². The number of benzene rings is 2. The van der Waals surface area contributed by atoms with E-state index in [1.54, 1.807) is 12.1 Å². The predicted molar refractivity (Wildman–Crippen MR) is 84.4 cm³/mol. The third-order valence-electron chi connectivity index (χ3n) is 3.45. The van der Waals surface area contributed by atoms with E-state index in [1.165, 1.54) is 0 Å². The van der Waals surface area contributed by atoms with Crippen molar-refractivity contribution < 1.29 is 4.42 Å². The summed E-state index contributed by atoms with van der Waals surface area (Å²) in [6.45, 7) is 2.58. The van der Waals surface area contributed by atoms with E-state index < -0.39 is 0 Å². The van der Waals surface area contributed by atoms with Gasteiger partial charge in [-0.1, -0.05) is 29.8 Å². The molecule has 0 aliphatic carbocycles. The SMILES string of the molecule is Cc1oc2ccccc2c1CNc1ccc(C#N)cc1Cl. The molecule has 3 nitrogen and oxygen atoms in total. The molecule has 0 bridgehead atoms. The molecule has 0 unspecified atom stereocenters. The maximum absolute atomic E-state index is 8.85. The number of para-hydroxylation sites is 1. The van der Waals surface area contributed by atoms with E-state index in [2.05, 4.69) is 11.4 Å². The van der Waals surface area contributed by atoms with Crippen molar-refractivity contribution >= 4 is 28.3 Å². The molecule has 0 saturated heterocycles. The lowest BCUT2D eigenvalue weighted by molar-refractivity contribution is 0.573. The van der Waals surface area contributed by atoms with Gasteiger partial charge in [0.05, 0.1) is 22.3 Å². The van der Waals surface area contributed by atoms with Crippen LogP contribution in [0.25, 0.3) is 11.0 Å². The summed E-state index contributed by atoms with van der Waals surface area (Å²) in [6.07, 6.45) is 0. The van der Waals surface area contributed by atoms with Gasteiger partial charge < -0.3 is 9.73 Å². The number of halogens is 1. The van der Waals surface area contributed by atoms with E-state index in [0.29, 0.717) is 17.1 Å². The predicted octanol–water partition coefficient (Wildman–Crippen LogP) is 4.88. The van der Waals surface area contributed by atoms with Crippen molar-refractivity contribution in [3.05, 3.63) is 64.4 Å². The molecule has 2 aromatic carbocycles. The fourth-order valence-corrected chi connectivity index (χ4v) is 2.60.